The third-order valence-electron chi connectivity index (χ3n) is 5.68. The molecule has 1 aromatic heterocycles. The van der Waals surface area contributed by atoms with Crippen LogP contribution >= 0.6 is 15.9 Å². The van der Waals surface area contributed by atoms with Gasteiger partial charge in [-0.05, 0) is 61.2 Å². The first-order valence-electron chi connectivity index (χ1n) is 9.90. The van der Waals surface area contributed by atoms with E-state index in [0.29, 0.717) is 44.5 Å². The van der Waals surface area contributed by atoms with Crippen molar-refractivity contribution < 1.29 is 18.8 Å². The third kappa shape index (κ3) is 4.47. The van der Waals surface area contributed by atoms with Crippen LogP contribution in [0.3, 0.4) is 0 Å². The zero-order valence-corrected chi connectivity index (χ0v) is 17.9. The number of aromatic nitrogens is 1. The number of aliphatic hydroxyl groups is 1. The van der Waals surface area contributed by atoms with Crippen LogP contribution in [0.25, 0.3) is 11.3 Å². The summed E-state index contributed by atoms with van der Waals surface area (Å²) in [6.45, 7) is 1.03. The van der Waals surface area contributed by atoms with Gasteiger partial charge in [0.25, 0.3) is 0 Å². The molecule has 0 aliphatic carbocycles. The maximum atomic E-state index is 13.2. The number of nitrogens with zero attached hydrogens (tertiary/aromatic N) is 2. The summed E-state index contributed by atoms with van der Waals surface area (Å²) < 4.78 is 19.4. The summed E-state index contributed by atoms with van der Waals surface area (Å²) in [6.07, 6.45) is 3.44. The van der Waals surface area contributed by atoms with Crippen molar-refractivity contribution >= 4 is 21.8 Å². The van der Waals surface area contributed by atoms with E-state index in [-0.39, 0.29) is 11.7 Å². The molecule has 2 heterocycles. The lowest BCUT2D eigenvalue weighted by Crippen LogP contribution is -2.45. The minimum absolute atomic E-state index is 0.0408. The first-order valence-corrected chi connectivity index (χ1v) is 10.7. The predicted octanol–water partition coefficient (Wildman–Crippen LogP) is 4.69. The van der Waals surface area contributed by atoms with E-state index in [0.717, 1.165) is 21.2 Å². The molecule has 3 aromatic rings. The highest BCUT2D eigenvalue weighted by molar-refractivity contribution is 9.10. The van der Waals surface area contributed by atoms with Gasteiger partial charge in [-0.15, -0.1) is 0 Å². The van der Waals surface area contributed by atoms with Gasteiger partial charge in [-0.25, -0.2) is 4.39 Å². The Bertz CT molecular complexity index is 1010. The van der Waals surface area contributed by atoms with Crippen LogP contribution in [0.4, 0.5) is 4.39 Å². The van der Waals surface area contributed by atoms with Gasteiger partial charge >= 0.3 is 0 Å². The van der Waals surface area contributed by atoms with Crippen molar-refractivity contribution in [1.29, 1.82) is 0 Å². The number of carbonyl (C=O) groups excluding carboxylic acids is 1. The van der Waals surface area contributed by atoms with E-state index in [1.807, 2.05) is 24.3 Å². The Hall–Kier alpha value is -2.51. The fourth-order valence-corrected chi connectivity index (χ4v) is 4.12. The number of aryl methyl sites for hydroxylation is 1. The van der Waals surface area contributed by atoms with Gasteiger partial charge in [0.05, 0.1) is 11.8 Å². The maximum absolute atomic E-state index is 13.2. The van der Waals surface area contributed by atoms with Crippen molar-refractivity contribution in [3.05, 3.63) is 76.1 Å². The average molecular weight is 473 g/mol. The largest absolute Gasteiger partial charge is 0.385 e. The zero-order valence-electron chi connectivity index (χ0n) is 16.4. The summed E-state index contributed by atoms with van der Waals surface area (Å²) in [5.41, 5.74) is 1.53. The van der Waals surface area contributed by atoms with Crippen LogP contribution in [-0.2, 0) is 16.8 Å². The van der Waals surface area contributed by atoms with Gasteiger partial charge in [0.2, 0.25) is 5.91 Å². The first-order chi connectivity index (χ1) is 14.4. The molecule has 1 amide bonds. The molecule has 0 bridgehead atoms. The number of carbonyl (C=O) groups is 1. The highest BCUT2D eigenvalue weighted by Gasteiger charge is 2.35. The second-order valence-electron chi connectivity index (χ2n) is 7.61. The summed E-state index contributed by atoms with van der Waals surface area (Å²) >= 11 is 3.41. The Balaban J connectivity index is 1.34. The van der Waals surface area contributed by atoms with Crippen LogP contribution in [0.15, 0.2) is 63.7 Å². The topological polar surface area (TPSA) is 66.6 Å². The minimum atomic E-state index is -0.901. The number of rotatable bonds is 5. The van der Waals surface area contributed by atoms with Crippen LogP contribution in [-0.4, -0.2) is 34.2 Å². The van der Waals surface area contributed by atoms with Gasteiger partial charge in [0.1, 0.15) is 5.82 Å². The summed E-state index contributed by atoms with van der Waals surface area (Å²) in [4.78, 5) is 14.5. The molecule has 0 radical (unpaired) electrons. The van der Waals surface area contributed by atoms with Crippen LogP contribution < -0.4 is 0 Å². The van der Waals surface area contributed by atoms with Crippen molar-refractivity contribution in [2.75, 3.05) is 13.1 Å². The summed E-state index contributed by atoms with van der Waals surface area (Å²) in [6, 6.07) is 13.7. The fraction of sp³-hybridized carbons (Fsp3) is 0.304. The van der Waals surface area contributed by atoms with Crippen LogP contribution in [0.1, 0.15) is 30.4 Å². The highest BCUT2D eigenvalue weighted by Crippen LogP contribution is 2.34. The molecule has 0 atom stereocenters. The van der Waals surface area contributed by atoms with Gasteiger partial charge in [-0.2, -0.15) is 0 Å². The van der Waals surface area contributed by atoms with Crippen LogP contribution in [0, 0.1) is 5.82 Å². The lowest BCUT2D eigenvalue weighted by molar-refractivity contribution is -0.135. The first kappa shape index (κ1) is 20.8. The lowest BCUT2D eigenvalue weighted by Gasteiger charge is -2.38. The van der Waals surface area contributed by atoms with E-state index in [1.165, 1.54) is 12.1 Å². The molecule has 0 unspecified atom stereocenters. The fourth-order valence-electron chi connectivity index (χ4n) is 3.85. The maximum Gasteiger partial charge on any atom is 0.222 e. The van der Waals surface area contributed by atoms with E-state index >= 15 is 0 Å². The minimum Gasteiger partial charge on any atom is -0.385 e. The molecule has 1 saturated heterocycles. The third-order valence-corrected chi connectivity index (χ3v) is 6.21. The van der Waals surface area contributed by atoms with Crippen molar-refractivity contribution in [2.45, 2.75) is 31.3 Å². The van der Waals surface area contributed by atoms with Crippen LogP contribution in [0.2, 0.25) is 0 Å². The Kier molecular flexibility index (Phi) is 6.01. The smallest absolute Gasteiger partial charge is 0.222 e. The van der Waals surface area contributed by atoms with Crippen molar-refractivity contribution in [3.8, 4) is 11.3 Å². The van der Waals surface area contributed by atoms with Gasteiger partial charge in [-0.1, -0.05) is 33.2 Å². The Morgan fingerprint density at radius 1 is 1.13 bits per heavy atom. The standard InChI is InChI=1S/C23H22BrFN2O3/c24-19-6-4-18(5-7-19)23(29)11-13-27(14-12-23)21(28)10-3-17-15-26-30-22(17)16-1-8-20(25)9-2-16/h1-2,4-9,15,29H,3,10-14H2. The molecule has 1 aliphatic rings. The normalized spacial score (nSPS) is 15.9. The zero-order chi connectivity index (χ0) is 21.1. The molecule has 30 heavy (non-hydrogen) atoms. The number of hydrogen-bond donors (Lipinski definition) is 1. The SMILES string of the molecule is O=C(CCc1cnoc1-c1ccc(F)cc1)N1CCC(O)(c2ccc(Br)cc2)CC1. The second-order valence-corrected chi connectivity index (χ2v) is 8.52. The van der Waals surface area contributed by atoms with Gasteiger partial charge in [-0.3, -0.25) is 4.79 Å². The quantitative estimate of drug-likeness (QED) is 0.584. The van der Waals surface area contributed by atoms with E-state index in [1.54, 1.807) is 23.2 Å². The van der Waals surface area contributed by atoms with Crippen molar-refractivity contribution in [3.63, 3.8) is 0 Å². The number of amides is 1. The van der Waals surface area contributed by atoms with Crippen molar-refractivity contribution in [2.24, 2.45) is 0 Å². The molecule has 7 heteroatoms. The number of benzene rings is 2. The molecule has 1 N–H and O–H groups in total. The average Bonchev–Trinajstić information content (AvgIpc) is 3.22. The van der Waals surface area contributed by atoms with E-state index in [9.17, 15) is 14.3 Å². The molecule has 1 aliphatic heterocycles. The highest BCUT2D eigenvalue weighted by atomic mass is 79.9. The van der Waals surface area contributed by atoms with Gasteiger partial charge in [0, 0.05) is 35.1 Å². The molecule has 4 rings (SSSR count). The van der Waals surface area contributed by atoms with E-state index < -0.39 is 5.60 Å². The molecule has 156 valence electrons. The number of hydrogen-bond acceptors (Lipinski definition) is 4. The molecule has 0 spiro atoms. The Morgan fingerprint density at radius 2 is 1.80 bits per heavy atom. The molecule has 0 saturated carbocycles. The predicted molar refractivity (Wildman–Crippen MR) is 114 cm³/mol. The van der Waals surface area contributed by atoms with Crippen LogP contribution in [0.5, 0.6) is 0 Å². The van der Waals surface area contributed by atoms with E-state index in [4.69, 9.17) is 4.52 Å². The van der Waals surface area contributed by atoms with E-state index in [2.05, 4.69) is 21.1 Å². The molecular weight excluding hydrogens is 451 g/mol. The summed E-state index contributed by atoms with van der Waals surface area (Å²) in [7, 11) is 0. The summed E-state index contributed by atoms with van der Waals surface area (Å²) in [5, 5.41) is 14.8. The van der Waals surface area contributed by atoms with Gasteiger partial charge < -0.3 is 14.5 Å². The monoisotopic (exact) mass is 472 g/mol. The lowest BCUT2D eigenvalue weighted by atomic mass is 9.84. The Morgan fingerprint density at radius 3 is 2.47 bits per heavy atom. The van der Waals surface area contributed by atoms with Gasteiger partial charge in [0.15, 0.2) is 5.76 Å². The molecular formula is C23H22BrFN2O3. The molecule has 5 nitrogen and oxygen atoms in total. The number of halogens is 2. The second kappa shape index (κ2) is 8.70. The molecule has 1 fully saturated rings. The van der Waals surface area contributed by atoms with Crippen molar-refractivity contribution in [1.82, 2.24) is 10.1 Å². The molecule has 2 aromatic carbocycles. The summed E-state index contributed by atoms with van der Waals surface area (Å²) in [5.74, 6) is 0.286. The number of piperidine rings is 1. The Labute approximate surface area is 182 Å². The number of likely N-dealkylation sites (tertiary alicyclic amines) is 1.